The Morgan fingerprint density at radius 3 is 2.79 bits per heavy atom. The molecule has 2 aromatic carbocycles. The molecule has 0 aliphatic heterocycles. The van der Waals surface area contributed by atoms with E-state index in [0.717, 1.165) is 0 Å². The van der Waals surface area contributed by atoms with Crippen LogP contribution in [0.4, 0.5) is 4.39 Å². The van der Waals surface area contributed by atoms with E-state index in [2.05, 4.69) is 20.2 Å². The Morgan fingerprint density at radius 1 is 1.21 bits per heavy atom. The van der Waals surface area contributed by atoms with Crippen molar-refractivity contribution in [2.45, 2.75) is 23.9 Å². The number of hydrogen-bond acceptors (Lipinski definition) is 7. The monoisotopic (exact) mass is 412 g/mol. The third-order valence-corrected chi connectivity index (χ3v) is 5.29. The number of nitrogens with zero attached hydrogens (tertiary/aromatic N) is 4. The predicted octanol–water partition coefficient (Wildman–Crippen LogP) is 2.80. The Balaban J connectivity index is 1.50. The summed E-state index contributed by atoms with van der Waals surface area (Å²) in [6.07, 6.45) is 0. The van der Waals surface area contributed by atoms with Crippen molar-refractivity contribution in [3.05, 3.63) is 76.4 Å². The van der Waals surface area contributed by atoms with Crippen molar-refractivity contribution in [2.24, 2.45) is 0 Å². The van der Waals surface area contributed by atoms with Crippen molar-refractivity contribution in [3.63, 3.8) is 0 Å². The number of thioether (sulfide) groups is 1. The zero-order valence-electron chi connectivity index (χ0n) is 15.4. The molecule has 148 valence electrons. The van der Waals surface area contributed by atoms with Crippen LogP contribution in [0.15, 0.2) is 58.5 Å². The van der Waals surface area contributed by atoms with Crippen molar-refractivity contribution >= 4 is 22.7 Å². The molecule has 4 aromatic rings. The van der Waals surface area contributed by atoms with E-state index in [9.17, 15) is 9.18 Å². The molecule has 0 bridgehead atoms. The van der Waals surface area contributed by atoms with E-state index < -0.39 is 5.82 Å². The minimum Gasteiger partial charge on any atom is -0.482 e. The zero-order chi connectivity index (χ0) is 20.4. The molecule has 0 aliphatic carbocycles. The third kappa shape index (κ3) is 3.92. The van der Waals surface area contributed by atoms with Gasteiger partial charge in [-0.05, 0) is 31.2 Å². The lowest BCUT2D eigenvalue weighted by molar-refractivity contribution is 0.277. The lowest BCUT2D eigenvalue weighted by atomic mass is 10.2. The number of benzene rings is 2. The summed E-state index contributed by atoms with van der Waals surface area (Å²) in [6, 6.07) is 13.2. The van der Waals surface area contributed by atoms with Gasteiger partial charge < -0.3 is 15.6 Å². The van der Waals surface area contributed by atoms with Crippen LogP contribution < -0.4 is 16.1 Å². The molecule has 0 saturated heterocycles. The van der Waals surface area contributed by atoms with Gasteiger partial charge in [-0.25, -0.2) is 14.1 Å². The predicted molar refractivity (Wildman–Crippen MR) is 108 cm³/mol. The summed E-state index contributed by atoms with van der Waals surface area (Å²) in [6.45, 7) is 1.84. The van der Waals surface area contributed by atoms with Gasteiger partial charge >= 0.3 is 0 Å². The Hall–Kier alpha value is -3.40. The van der Waals surface area contributed by atoms with Crippen LogP contribution in [0.2, 0.25) is 0 Å². The van der Waals surface area contributed by atoms with Crippen molar-refractivity contribution in [2.75, 3.05) is 5.84 Å². The summed E-state index contributed by atoms with van der Waals surface area (Å²) in [5, 5.41) is 8.77. The lowest BCUT2D eigenvalue weighted by Gasteiger charge is -2.11. The quantitative estimate of drug-likeness (QED) is 0.370. The van der Waals surface area contributed by atoms with Crippen LogP contribution in [0.3, 0.4) is 0 Å². The molecule has 10 heteroatoms. The number of para-hydroxylation sites is 2. The van der Waals surface area contributed by atoms with Gasteiger partial charge in [0, 0.05) is 0 Å². The number of rotatable bonds is 6. The molecule has 8 nitrogen and oxygen atoms in total. The maximum Gasteiger partial charge on any atom is 0.258 e. The van der Waals surface area contributed by atoms with Crippen LogP contribution >= 0.6 is 11.8 Å². The molecule has 0 spiro atoms. The van der Waals surface area contributed by atoms with Crippen LogP contribution in [0.5, 0.6) is 5.75 Å². The highest BCUT2D eigenvalue weighted by Crippen LogP contribution is 2.31. The number of nitrogen functional groups attached to an aromatic ring is 1. The fourth-order valence-corrected chi connectivity index (χ4v) is 3.55. The Labute approximate surface area is 168 Å². The highest BCUT2D eigenvalue weighted by atomic mass is 32.2. The number of fused-ring (bicyclic) bond motifs is 1. The molecule has 0 amide bonds. The van der Waals surface area contributed by atoms with Crippen molar-refractivity contribution in [3.8, 4) is 5.75 Å². The molecule has 2 heterocycles. The van der Waals surface area contributed by atoms with E-state index in [0.29, 0.717) is 27.7 Å². The first-order valence-corrected chi connectivity index (χ1v) is 9.63. The van der Waals surface area contributed by atoms with Crippen molar-refractivity contribution < 1.29 is 9.13 Å². The summed E-state index contributed by atoms with van der Waals surface area (Å²) >= 11 is 1.29. The van der Waals surface area contributed by atoms with Crippen LogP contribution in [-0.4, -0.2) is 24.8 Å². The maximum atomic E-state index is 13.7. The molecule has 0 radical (unpaired) electrons. The van der Waals surface area contributed by atoms with E-state index in [1.165, 1.54) is 28.6 Å². The van der Waals surface area contributed by atoms with E-state index >= 15 is 0 Å². The average Bonchev–Trinajstić information content (AvgIpc) is 3.07. The highest BCUT2D eigenvalue weighted by Gasteiger charge is 2.18. The standard InChI is InChI=1S/C19H17FN6O2S/c1-11(17-22-14-8-4-2-6-12(14)18(27)23-17)29-19-25-24-16(26(19)21)10-28-15-9-5-3-7-13(15)20/h2-9,11H,10,21H2,1H3,(H,22,23,27). The summed E-state index contributed by atoms with van der Waals surface area (Å²) in [7, 11) is 0. The van der Waals surface area contributed by atoms with Gasteiger partial charge in [-0.15, -0.1) is 10.2 Å². The first-order valence-electron chi connectivity index (χ1n) is 8.75. The van der Waals surface area contributed by atoms with Crippen molar-refractivity contribution in [1.29, 1.82) is 0 Å². The number of ether oxygens (including phenoxy) is 1. The van der Waals surface area contributed by atoms with Gasteiger partial charge in [0.2, 0.25) is 5.16 Å². The van der Waals surface area contributed by atoms with E-state index in [4.69, 9.17) is 10.6 Å². The number of nitrogens with two attached hydrogens (primary N) is 1. The Bertz CT molecular complexity index is 1220. The van der Waals surface area contributed by atoms with Gasteiger partial charge in [0.15, 0.2) is 17.4 Å². The number of aromatic amines is 1. The first kappa shape index (κ1) is 18.9. The summed E-state index contributed by atoms with van der Waals surface area (Å²) < 4.78 is 20.4. The summed E-state index contributed by atoms with van der Waals surface area (Å²) in [4.78, 5) is 19.6. The normalized spacial score (nSPS) is 12.2. The number of nitrogens with one attached hydrogen (secondary N) is 1. The molecule has 0 fully saturated rings. The number of H-pyrrole nitrogens is 1. The SMILES string of the molecule is CC(Sc1nnc(COc2ccccc2F)n1N)c1nc2ccccc2c(=O)[nH]1. The average molecular weight is 412 g/mol. The molecule has 1 atom stereocenters. The maximum absolute atomic E-state index is 13.7. The van der Waals surface area contributed by atoms with E-state index in [-0.39, 0.29) is 23.2 Å². The van der Waals surface area contributed by atoms with Gasteiger partial charge in [0.05, 0.1) is 16.2 Å². The fourth-order valence-electron chi connectivity index (χ4n) is 2.70. The fraction of sp³-hybridized carbons (Fsp3) is 0.158. The molecule has 2 aromatic heterocycles. The second-order valence-corrected chi connectivity index (χ2v) is 7.52. The topological polar surface area (TPSA) is 112 Å². The van der Waals surface area contributed by atoms with Gasteiger partial charge in [-0.1, -0.05) is 36.0 Å². The number of halogens is 1. The Morgan fingerprint density at radius 2 is 1.97 bits per heavy atom. The van der Waals surface area contributed by atoms with Crippen LogP contribution in [0.25, 0.3) is 10.9 Å². The van der Waals surface area contributed by atoms with E-state index in [1.807, 2.05) is 13.0 Å². The van der Waals surface area contributed by atoms with Crippen LogP contribution in [0, 0.1) is 5.82 Å². The van der Waals surface area contributed by atoms with Gasteiger partial charge in [0.1, 0.15) is 12.4 Å². The molecule has 4 rings (SSSR count). The summed E-state index contributed by atoms with van der Waals surface area (Å²) in [5.41, 5.74) is 0.415. The molecule has 3 N–H and O–H groups in total. The Kier molecular flexibility index (Phi) is 5.17. The lowest BCUT2D eigenvalue weighted by Crippen LogP contribution is -2.17. The number of hydrogen-bond donors (Lipinski definition) is 2. The third-order valence-electron chi connectivity index (χ3n) is 4.23. The summed E-state index contributed by atoms with van der Waals surface area (Å²) in [5.74, 6) is 6.54. The molecule has 29 heavy (non-hydrogen) atoms. The second kappa shape index (κ2) is 7.92. The molecule has 0 aliphatic rings. The minimum atomic E-state index is -0.467. The van der Waals surface area contributed by atoms with Gasteiger partial charge in [0.25, 0.3) is 5.56 Å². The van der Waals surface area contributed by atoms with E-state index in [1.54, 1.807) is 30.3 Å². The molecule has 0 saturated carbocycles. The molecule has 1 unspecified atom stereocenters. The molecular formula is C19H17FN6O2S. The van der Waals surface area contributed by atoms with Crippen LogP contribution in [0.1, 0.15) is 23.8 Å². The highest BCUT2D eigenvalue weighted by molar-refractivity contribution is 7.99. The second-order valence-electron chi connectivity index (χ2n) is 6.22. The van der Waals surface area contributed by atoms with Gasteiger partial charge in [-0.3, -0.25) is 4.79 Å². The largest absolute Gasteiger partial charge is 0.482 e. The van der Waals surface area contributed by atoms with Gasteiger partial charge in [-0.2, -0.15) is 0 Å². The van der Waals surface area contributed by atoms with Crippen molar-refractivity contribution in [1.82, 2.24) is 24.8 Å². The smallest absolute Gasteiger partial charge is 0.258 e. The molecular weight excluding hydrogens is 395 g/mol. The number of aromatic nitrogens is 5. The minimum absolute atomic E-state index is 0.0373. The zero-order valence-corrected chi connectivity index (χ0v) is 16.2. The first-order chi connectivity index (χ1) is 14.0. The van der Waals surface area contributed by atoms with Crippen LogP contribution in [-0.2, 0) is 6.61 Å².